The molecular formula is C12H14. The van der Waals surface area contributed by atoms with Crippen molar-refractivity contribution >= 4 is 6.08 Å². The Labute approximate surface area is 73.9 Å². The van der Waals surface area contributed by atoms with E-state index in [1.807, 2.05) is 0 Å². The summed E-state index contributed by atoms with van der Waals surface area (Å²) in [5.74, 6) is 0. The molecule has 1 aromatic carbocycles. The lowest BCUT2D eigenvalue weighted by atomic mass is 10.1. The van der Waals surface area contributed by atoms with E-state index in [2.05, 4.69) is 50.3 Å². The summed E-state index contributed by atoms with van der Waals surface area (Å²) < 4.78 is 0. The van der Waals surface area contributed by atoms with Crippen molar-refractivity contribution in [1.82, 2.24) is 0 Å². The molecule has 0 nitrogen and oxygen atoms in total. The van der Waals surface area contributed by atoms with Gasteiger partial charge in [-0.3, -0.25) is 0 Å². The van der Waals surface area contributed by atoms with Gasteiger partial charge in [0.1, 0.15) is 0 Å². The van der Waals surface area contributed by atoms with E-state index < -0.39 is 0 Å². The maximum Gasteiger partial charge on any atom is -0.0104 e. The van der Waals surface area contributed by atoms with Gasteiger partial charge in [0.05, 0.1) is 0 Å². The highest BCUT2D eigenvalue weighted by Gasteiger charge is 2.38. The van der Waals surface area contributed by atoms with Crippen molar-refractivity contribution < 1.29 is 0 Å². The van der Waals surface area contributed by atoms with Gasteiger partial charge in [-0.1, -0.05) is 55.8 Å². The molecule has 62 valence electrons. The molecule has 0 aromatic heterocycles. The Morgan fingerprint density at radius 1 is 1.17 bits per heavy atom. The zero-order valence-electron chi connectivity index (χ0n) is 7.67. The number of hydrogen-bond donors (Lipinski definition) is 0. The molecule has 2 rings (SSSR count). The molecule has 0 saturated heterocycles. The van der Waals surface area contributed by atoms with Crippen LogP contribution in [0.1, 0.15) is 25.8 Å². The van der Waals surface area contributed by atoms with Gasteiger partial charge in [-0.05, 0) is 17.4 Å². The minimum atomic E-state index is 0.482. The zero-order valence-corrected chi connectivity index (χ0v) is 7.67. The predicted octanol–water partition coefficient (Wildman–Crippen LogP) is 3.50. The first kappa shape index (κ1) is 7.60. The second kappa shape index (κ2) is 2.48. The van der Waals surface area contributed by atoms with Crippen LogP contribution in [-0.2, 0) is 0 Å². The van der Waals surface area contributed by atoms with Crippen LogP contribution in [0.5, 0.6) is 0 Å². The van der Waals surface area contributed by atoms with Crippen LogP contribution in [0.3, 0.4) is 0 Å². The molecule has 0 N–H and O–H groups in total. The fourth-order valence-corrected chi connectivity index (χ4v) is 1.43. The van der Waals surface area contributed by atoms with E-state index in [9.17, 15) is 0 Å². The van der Waals surface area contributed by atoms with Gasteiger partial charge in [0, 0.05) is 0 Å². The minimum absolute atomic E-state index is 0.482. The van der Waals surface area contributed by atoms with Gasteiger partial charge in [-0.25, -0.2) is 0 Å². The van der Waals surface area contributed by atoms with E-state index in [1.54, 1.807) is 5.57 Å². The molecule has 1 saturated carbocycles. The van der Waals surface area contributed by atoms with Crippen molar-refractivity contribution in [3.63, 3.8) is 0 Å². The summed E-state index contributed by atoms with van der Waals surface area (Å²) in [6.07, 6.45) is 3.57. The predicted molar refractivity (Wildman–Crippen MR) is 52.8 cm³/mol. The molecule has 1 aliphatic carbocycles. The molecule has 0 amide bonds. The fraction of sp³-hybridized carbons (Fsp3) is 0.333. The normalized spacial score (nSPS) is 22.7. The average molecular weight is 158 g/mol. The minimum Gasteiger partial charge on any atom is -0.0628 e. The molecule has 12 heavy (non-hydrogen) atoms. The SMILES string of the molecule is CC1(C)CC1=Cc1ccccc1. The third-order valence-corrected chi connectivity index (χ3v) is 2.52. The highest BCUT2D eigenvalue weighted by Crippen LogP contribution is 2.51. The molecule has 0 heterocycles. The number of allylic oxidation sites excluding steroid dienone is 1. The van der Waals surface area contributed by atoms with Crippen molar-refractivity contribution in [1.29, 1.82) is 0 Å². The number of benzene rings is 1. The van der Waals surface area contributed by atoms with Crippen molar-refractivity contribution in [3.8, 4) is 0 Å². The monoisotopic (exact) mass is 158 g/mol. The highest BCUT2D eigenvalue weighted by atomic mass is 14.4. The third-order valence-electron chi connectivity index (χ3n) is 2.52. The smallest absolute Gasteiger partial charge is 0.0104 e. The average Bonchev–Trinajstić information content (AvgIpc) is 2.61. The van der Waals surface area contributed by atoms with Crippen molar-refractivity contribution in [2.24, 2.45) is 5.41 Å². The highest BCUT2D eigenvalue weighted by molar-refractivity contribution is 5.59. The quantitative estimate of drug-likeness (QED) is 0.586. The number of rotatable bonds is 1. The van der Waals surface area contributed by atoms with E-state index in [0.29, 0.717) is 5.41 Å². The van der Waals surface area contributed by atoms with E-state index >= 15 is 0 Å². The van der Waals surface area contributed by atoms with Crippen LogP contribution in [0.15, 0.2) is 35.9 Å². The molecule has 1 aromatic rings. The summed E-state index contributed by atoms with van der Waals surface area (Å²) in [5, 5.41) is 0. The Morgan fingerprint density at radius 2 is 1.75 bits per heavy atom. The lowest BCUT2D eigenvalue weighted by molar-refractivity contribution is 0.687. The van der Waals surface area contributed by atoms with E-state index in [1.165, 1.54) is 12.0 Å². The summed E-state index contributed by atoms with van der Waals surface area (Å²) in [4.78, 5) is 0. The number of hydrogen-bond acceptors (Lipinski definition) is 0. The standard InChI is InChI=1S/C12H14/c1-12(2)9-11(12)8-10-6-4-3-5-7-10/h3-8H,9H2,1-2H3. The van der Waals surface area contributed by atoms with E-state index in [0.717, 1.165) is 0 Å². The molecule has 1 fully saturated rings. The van der Waals surface area contributed by atoms with Crippen molar-refractivity contribution in [2.75, 3.05) is 0 Å². The Kier molecular flexibility index (Phi) is 1.57. The van der Waals surface area contributed by atoms with Gasteiger partial charge in [0.2, 0.25) is 0 Å². The third kappa shape index (κ3) is 1.42. The lowest BCUT2D eigenvalue weighted by Gasteiger charge is -1.93. The van der Waals surface area contributed by atoms with Crippen LogP contribution >= 0.6 is 0 Å². The second-order valence-corrected chi connectivity index (χ2v) is 4.14. The maximum atomic E-state index is 2.31. The zero-order chi connectivity index (χ0) is 8.60. The molecule has 0 bridgehead atoms. The molecule has 0 aliphatic heterocycles. The molecule has 0 radical (unpaired) electrons. The van der Waals surface area contributed by atoms with Crippen LogP contribution in [0.4, 0.5) is 0 Å². The van der Waals surface area contributed by atoms with Gasteiger partial charge in [0.15, 0.2) is 0 Å². The maximum absolute atomic E-state index is 2.31. The van der Waals surface area contributed by atoms with Crippen LogP contribution < -0.4 is 0 Å². The van der Waals surface area contributed by atoms with Crippen LogP contribution in [0.2, 0.25) is 0 Å². The van der Waals surface area contributed by atoms with Gasteiger partial charge in [-0.15, -0.1) is 0 Å². The lowest BCUT2D eigenvalue weighted by Crippen LogP contribution is -1.79. The molecule has 1 aliphatic rings. The first-order chi connectivity index (χ1) is 5.68. The fourth-order valence-electron chi connectivity index (χ4n) is 1.43. The van der Waals surface area contributed by atoms with Crippen LogP contribution in [0.25, 0.3) is 6.08 Å². The van der Waals surface area contributed by atoms with Crippen molar-refractivity contribution in [3.05, 3.63) is 41.5 Å². The van der Waals surface area contributed by atoms with Crippen LogP contribution in [-0.4, -0.2) is 0 Å². The Hall–Kier alpha value is -1.04. The summed E-state index contributed by atoms with van der Waals surface area (Å²) in [5.41, 5.74) is 3.39. The molecule has 0 spiro atoms. The Morgan fingerprint density at radius 3 is 2.25 bits per heavy atom. The Balaban J connectivity index is 2.21. The second-order valence-electron chi connectivity index (χ2n) is 4.14. The van der Waals surface area contributed by atoms with Crippen LogP contribution in [0, 0.1) is 5.41 Å². The summed E-state index contributed by atoms with van der Waals surface area (Å²) in [7, 11) is 0. The topological polar surface area (TPSA) is 0 Å². The first-order valence-electron chi connectivity index (χ1n) is 4.45. The Bertz CT molecular complexity index is 304. The van der Waals surface area contributed by atoms with E-state index in [4.69, 9.17) is 0 Å². The van der Waals surface area contributed by atoms with Gasteiger partial charge in [0.25, 0.3) is 0 Å². The van der Waals surface area contributed by atoms with Gasteiger partial charge < -0.3 is 0 Å². The molecular weight excluding hydrogens is 144 g/mol. The summed E-state index contributed by atoms with van der Waals surface area (Å²) >= 11 is 0. The molecule has 0 heteroatoms. The van der Waals surface area contributed by atoms with E-state index in [-0.39, 0.29) is 0 Å². The first-order valence-corrected chi connectivity index (χ1v) is 4.45. The molecule has 0 unspecified atom stereocenters. The summed E-state index contributed by atoms with van der Waals surface area (Å²) in [6.45, 7) is 4.59. The van der Waals surface area contributed by atoms with Gasteiger partial charge >= 0.3 is 0 Å². The molecule has 0 atom stereocenters. The van der Waals surface area contributed by atoms with Crippen molar-refractivity contribution in [2.45, 2.75) is 20.3 Å². The summed E-state index contributed by atoms with van der Waals surface area (Å²) in [6, 6.07) is 10.5. The largest absolute Gasteiger partial charge is 0.0628 e. The van der Waals surface area contributed by atoms with Gasteiger partial charge in [-0.2, -0.15) is 0 Å².